The first-order valence-corrected chi connectivity index (χ1v) is 5.99. The molecule has 1 heterocycles. The zero-order chi connectivity index (χ0) is 13.8. The molecule has 0 radical (unpaired) electrons. The molecule has 4 nitrogen and oxygen atoms in total. The van der Waals surface area contributed by atoms with Crippen LogP contribution in [0.3, 0.4) is 0 Å². The third-order valence-electron chi connectivity index (χ3n) is 3.00. The van der Waals surface area contributed by atoms with Gasteiger partial charge < -0.3 is 10.0 Å². The maximum absolute atomic E-state index is 12.9. The molecule has 1 aromatic carbocycles. The van der Waals surface area contributed by atoms with Crippen molar-refractivity contribution in [2.45, 2.75) is 6.42 Å². The number of carboxylic acid groups (broad SMARTS) is 1. The van der Waals surface area contributed by atoms with E-state index in [9.17, 15) is 14.0 Å². The summed E-state index contributed by atoms with van der Waals surface area (Å²) in [6, 6.07) is 5.96. The van der Waals surface area contributed by atoms with Crippen LogP contribution in [0.5, 0.6) is 0 Å². The van der Waals surface area contributed by atoms with Gasteiger partial charge in [0.25, 0.3) is 0 Å². The summed E-state index contributed by atoms with van der Waals surface area (Å²) in [4.78, 5) is 23.8. The maximum Gasteiger partial charge on any atom is 0.303 e. The number of halogens is 1. The fourth-order valence-corrected chi connectivity index (χ4v) is 2.01. The number of carboxylic acids is 1. The molecule has 1 saturated heterocycles. The number of nitrogens with zero attached hydrogens (tertiary/aromatic N) is 1. The molecule has 1 fully saturated rings. The van der Waals surface area contributed by atoms with Crippen LogP contribution in [0.15, 0.2) is 30.3 Å². The van der Waals surface area contributed by atoms with Gasteiger partial charge in [-0.15, -0.1) is 0 Å². The molecule has 0 bridgehead atoms. The topological polar surface area (TPSA) is 57.6 Å². The Kier molecular flexibility index (Phi) is 3.94. The van der Waals surface area contributed by atoms with Crippen molar-refractivity contribution < 1.29 is 19.1 Å². The number of benzene rings is 1. The Bertz CT molecular complexity index is 521. The van der Waals surface area contributed by atoms with E-state index >= 15 is 0 Å². The zero-order valence-electron chi connectivity index (χ0n) is 10.3. The van der Waals surface area contributed by atoms with Crippen LogP contribution in [0.1, 0.15) is 12.0 Å². The van der Waals surface area contributed by atoms with Crippen LogP contribution < -0.4 is 0 Å². The second-order valence-corrected chi connectivity index (χ2v) is 4.60. The minimum absolute atomic E-state index is 0.0454. The molecule has 5 heteroatoms. The van der Waals surface area contributed by atoms with Crippen LogP contribution in [-0.4, -0.2) is 35.0 Å². The summed E-state index contributed by atoms with van der Waals surface area (Å²) in [5.41, 5.74) is 0.621. The first-order valence-electron chi connectivity index (χ1n) is 5.99. The van der Waals surface area contributed by atoms with Gasteiger partial charge in [0, 0.05) is 25.1 Å². The Hall–Kier alpha value is -2.17. The van der Waals surface area contributed by atoms with Gasteiger partial charge in [-0.25, -0.2) is 4.39 Å². The number of hydrogen-bond acceptors (Lipinski definition) is 2. The van der Waals surface area contributed by atoms with Crippen molar-refractivity contribution >= 4 is 18.0 Å². The van der Waals surface area contributed by atoms with Crippen molar-refractivity contribution in [2.24, 2.45) is 5.92 Å². The highest BCUT2D eigenvalue weighted by molar-refractivity contribution is 5.92. The van der Waals surface area contributed by atoms with Gasteiger partial charge in [0.1, 0.15) is 5.82 Å². The molecule has 2 rings (SSSR count). The van der Waals surface area contributed by atoms with Crippen molar-refractivity contribution in [3.63, 3.8) is 0 Å². The molecular weight excluding hydrogens is 249 g/mol. The molecule has 1 N–H and O–H groups in total. The van der Waals surface area contributed by atoms with Crippen LogP contribution >= 0.6 is 0 Å². The monoisotopic (exact) mass is 263 g/mol. The smallest absolute Gasteiger partial charge is 0.303 e. The molecule has 0 spiro atoms. The van der Waals surface area contributed by atoms with Crippen LogP contribution in [-0.2, 0) is 9.59 Å². The summed E-state index contributed by atoms with van der Waals surface area (Å²) >= 11 is 0. The van der Waals surface area contributed by atoms with E-state index in [-0.39, 0.29) is 24.1 Å². The van der Waals surface area contributed by atoms with Crippen molar-refractivity contribution in [1.82, 2.24) is 4.90 Å². The van der Waals surface area contributed by atoms with E-state index in [4.69, 9.17) is 5.11 Å². The number of aliphatic carboxylic acids is 1. The van der Waals surface area contributed by atoms with E-state index in [0.29, 0.717) is 18.7 Å². The van der Waals surface area contributed by atoms with E-state index in [2.05, 4.69) is 0 Å². The number of rotatable bonds is 4. The molecule has 0 aliphatic carbocycles. The maximum atomic E-state index is 12.9. The van der Waals surface area contributed by atoms with Crippen LogP contribution in [0.2, 0.25) is 0 Å². The highest BCUT2D eigenvalue weighted by Crippen LogP contribution is 2.19. The van der Waals surface area contributed by atoms with Gasteiger partial charge in [0.2, 0.25) is 5.91 Å². The molecule has 19 heavy (non-hydrogen) atoms. The average molecular weight is 263 g/mol. The third kappa shape index (κ3) is 3.64. The Labute approximate surface area is 110 Å². The molecule has 1 aliphatic heterocycles. The third-order valence-corrected chi connectivity index (χ3v) is 3.00. The number of hydrogen-bond donors (Lipinski definition) is 1. The lowest BCUT2D eigenvalue weighted by molar-refractivity contribution is -0.143. The molecule has 0 unspecified atom stereocenters. The van der Waals surface area contributed by atoms with E-state index in [1.807, 2.05) is 0 Å². The minimum atomic E-state index is -0.840. The molecule has 0 aromatic heterocycles. The summed E-state index contributed by atoms with van der Waals surface area (Å²) in [6.07, 6.45) is 3.03. The van der Waals surface area contributed by atoms with Gasteiger partial charge in [-0.3, -0.25) is 9.59 Å². The molecule has 1 aromatic rings. The van der Waals surface area contributed by atoms with Gasteiger partial charge in [-0.2, -0.15) is 0 Å². The molecule has 0 atom stereocenters. The van der Waals surface area contributed by atoms with Crippen LogP contribution in [0.25, 0.3) is 6.08 Å². The predicted octanol–water partition coefficient (Wildman–Crippen LogP) is 1.77. The fraction of sp³-hybridized carbons (Fsp3) is 0.286. The van der Waals surface area contributed by atoms with Gasteiger partial charge in [-0.05, 0) is 23.8 Å². The zero-order valence-corrected chi connectivity index (χ0v) is 10.3. The standard InChI is InChI=1S/C14H14FNO3/c15-12-3-1-2-10(6-12)4-5-13(17)16-8-11(9-16)7-14(18)19/h1-6,11H,7-9H2,(H,18,19). The Morgan fingerprint density at radius 3 is 2.79 bits per heavy atom. The van der Waals surface area contributed by atoms with Crippen molar-refractivity contribution in [3.05, 3.63) is 41.7 Å². The Morgan fingerprint density at radius 2 is 2.16 bits per heavy atom. The van der Waals surface area contributed by atoms with E-state index in [1.54, 1.807) is 23.1 Å². The van der Waals surface area contributed by atoms with Gasteiger partial charge >= 0.3 is 5.97 Å². The first-order chi connectivity index (χ1) is 9.04. The second kappa shape index (κ2) is 5.65. The Morgan fingerprint density at radius 1 is 1.42 bits per heavy atom. The second-order valence-electron chi connectivity index (χ2n) is 4.60. The molecular formula is C14H14FNO3. The predicted molar refractivity (Wildman–Crippen MR) is 67.8 cm³/mol. The largest absolute Gasteiger partial charge is 0.481 e. The Balaban J connectivity index is 1.84. The normalized spacial score (nSPS) is 15.5. The summed E-state index contributed by atoms with van der Waals surface area (Å²) in [6.45, 7) is 0.942. The summed E-state index contributed by atoms with van der Waals surface area (Å²) in [7, 11) is 0. The van der Waals surface area contributed by atoms with Gasteiger partial charge in [-0.1, -0.05) is 12.1 Å². The lowest BCUT2D eigenvalue weighted by Crippen LogP contribution is -2.49. The SMILES string of the molecule is O=C(O)CC1CN(C(=O)C=Cc2cccc(F)c2)C1. The van der Waals surface area contributed by atoms with Crippen molar-refractivity contribution in [2.75, 3.05) is 13.1 Å². The fourth-order valence-electron chi connectivity index (χ4n) is 2.01. The highest BCUT2D eigenvalue weighted by atomic mass is 19.1. The summed E-state index contributed by atoms with van der Waals surface area (Å²) in [5, 5.41) is 8.60. The first kappa shape index (κ1) is 13.3. The highest BCUT2D eigenvalue weighted by Gasteiger charge is 2.30. The molecule has 100 valence electrons. The number of amides is 1. The van der Waals surface area contributed by atoms with Gasteiger partial charge in [0.05, 0.1) is 6.42 Å². The van der Waals surface area contributed by atoms with Crippen molar-refractivity contribution in [3.8, 4) is 0 Å². The van der Waals surface area contributed by atoms with E-state index < -0.39 is 5.97 Å². The lowest BCUT2D eigenvalue weighted by atomic mass is 9.96. The molecule has 1 aliphatic rings. The summed E-state index contributed by atoms with van der Waals surface area (Å²) in [5.74, 6) is -1.32. The molecule has 1 amide bonds. The van der Waals surface area contributed by atoms with E-state index in [1.165, 1.54) is 18.2 Å². The van der Waals surface area contributed by atoms with Crippen LogP contribution in [0.4, 0.5) is 4.39 Å². The van der Waals surface area contributed by atoms with Gasteiger partial charge in [0.15, 0.2) is 0 Å². The van der Waals surface area contributed by atoms with Crippen LogP contribution in [0, 0.1) is 11.7 Å². The van der Waals surface area contributed by atoms with Crippen molar-refractivity contribution in [1.29, 1.82) is 0 Å². The van der Waals surface area contributed by atoms with E-state index in [0.717, 1.165) is 0 Å². The lowest BCUT2D eigenvalue weighted by Gasteiger charge is -2.37. The number of carbonyl (C=O) groups excluding carboxylic acids is 1. The quantitative estimate of drug-likeness (QED) is 0.842. The minimum Gasteiger partial charge on any atom is -0.481 e. The number of carbonyl (C=O) groups is 2. The average Bonchev–Trinajstić information content (AvgIpc) is 2.30. The number of likely N-dealkylation sites (tertiary alicyclic amines) is 1. The molecule has 0 saturated carbocycles. The summed E-state index contributed by atoms with van der Waals surface area (Å²) < 4.78 is 12.9.